The van der Waals surface area contributed by atoms with Crippen LogP contribution in [-0.2, 0) is 0 Å². The number of rotatable bonds is 4. The van der Waals surface area contributed by atoms with Crippen molar-refractivity contribution in [2.24, 2.45) is 17.6 Å². The largest absolute Gasteiger partial charge is 0.397 e. The summed E-state index contributed by atoms with van der Waals surface area (Å²) in [7, 11) is 0. The van der Waals surface area contributed by atoms with Gasteiger partial charge in [-0.2, -0.15) is 0 Å². The Balaban J connectivity index is 2.39. The molecule has 2 heterocycles. The number of nitrogens with zero attached hydrogens (tertiary/aromatic N) is 1. The third-order valence-electron chi connectivity index (χ3n) is 3.95. The van der Waals surface area contributed by atoms with E-state index in [0.29, 0.717) is 22.3 Å². The number of nitrogens with two attached hydrogens (primary N) is 2. The number of amides is 1. The Morgan fingerprint density at radius 3 is 2.50 bits per heavy atom. The van der Waals surface area contributed by atoms with Crippen LogP contribution in [0.1, 0.15) is 47.2 Å². The smallest absolute Gasteiger partial charge is 0.253 e. The van der Waals surface area contributed by atoms with Crippen molar-refractivity contribution >= 4 is 33.7 Å². The summed E-state index contributed by atoms with van der Waals surface area (Å²) in [6.45, 7) is 7.62. The molecule has 0 aliphatic carbocycles. The van der Waals surface area contributed by atoms with Crippen molar-refractivity contribution in [2.75, 3.05) is 23.7 Å². The number of Topliss-reactive ketones (excluding diaryl/α,β-unsaturated/α-hetero) is 1. The van der Waals surface area contributed by atoms with Gasteiger partial charge in [-0.05, 0) is 18.3 Å². The topological polar surface area (TPSA) is 89.4 Å². The lowest BCUT2D eigenvalue weighted by molar-refractivity contribution is 0.100. The predicted molar refractivity (Wildman–Crippen MR) is 82.4 cm³/mol. The quantitative estimate of drug-likeness (QED) is 0.833. The third-order valence-corrected chi connectivity index (χ3v) is 5.31. The number of carbonyl (C=O) groups excluding carboxylic acids is 2. The molecular formula is C14H21N3O2S. The first-order valence-corrected chi connectivity index (χ1v) is 7.62. The van der Waals surface area contributed by atoms with Crippen molar-refractivity contribution in [1.29, 1.82) is 0 Å². The predicted octanol–water partition coefficient (Wildman–Crippen LogP) is 2.11. The molecule has 1 atom stereocenters. The van der Waals surface area contributed by atoms with Gasteiger partial charge >= 0.3 is 0 Å². The van der Waals surface area contributed by atoms with E-state index < -0.39 is 5.91 Å². The van der Waals surface area contributed by atoms with Crippen molar-refractivity contribution in [2.45, 2.75) is 27.2 Å². The summed E-state index contributed by atoms with van der Waals surface area (Å²) in [4.78, 5) is 25.8. The van der Waals surface area contributed by atoms with E-state index in [1.165, 1.54) is 18.3 Å². The van der Waals surface area contributed by atoms with E-state index in [1.807, 2.05) is 0 Å². The summed E-state index contributed by atoms with van der Waals surface area (Å²) in [5.74, 6) is 0.511. The molecule has 0 bridgehead atoms. The minimum Gasteiger partial charge on any atom is -0.397 e. The monoisotopic (exact) mass is 295 g/mol. The van der Waals surface area contributed by atoms with Gasteiger partial charge in [-0.3, -0.25) is 9.59 Å². The van der Waals surface area contributed by atoms with E-state index in [1.54, 1.807) is 0 Å². The summed E-state index contributed by atoms with van der Waals surface area (Å²) < 4.78 is 0. The molecule has 1 fully saturated rings. The van der Waals surface area contributed by atoms with Crippen molar-refractivity contribution in [3.8, 4) is 0 Å². The van der Waals surface area contributed by atoms with E-state index in [2.05, 4.69) is 18.7 Å². The average molecular weight is 295 g/mol. The first-order chi connectivity index (χ1) is 9.32. The maximum atomic E-state index is 11.7. The second-order valence-corrected chi connectivity index (χ2v) is 6.68. The normalized spacial score (nSPS) is 18.8. The average Bonchev–Trinajstić information content (AvgIpc) is 2.92. The van der Waals surface area contributed by atoms with Crippen LogP contribution in [0.4, 0.5) is 10.7 Å². The highest BCUT2D eigenvalue weighted by Crippen LogP contribution is 2.41. The zero-order chi connectivity index (χ0) is 15.0. The number of nitrogen functional groups attached to an aromatic ring is 1. The zero-order valence-corrected chi connectivity index (χ0v) is 12.9. The van der Waals surface area contributed by atoms with Crippen molar-refractivity contribution in [3.05, 3.63) is 10.4 Å². The Bertz CT molecular complexity index is 551. The van der Waals surface area contributed by atoms with Gasteiger partial charge in [0.1, 0.15) is 5.00 Å². The molecular weight excluding hydrogens is 274 g/mol. The maximum absolute atomic E-state index is 11.7. The first-order valence-electron chi connectivity index (χ1n) is 6.80. The third kappa shape index (κ3) is 2.52. The Labute approximate surface area is 122 Å². The van der Waals surface area contributed by atoms with Gasteiger partial charge in [0, 0.05) is 20.0 Å². The van der Waals surface area contributed by atoms with Crippen LogP contribution in [-0.4, -0.2) is 24.8 Å². The van der Waals surface area contributed by atoms with Crippen LogP contribution in [0.5, 0.6) is 0 Å². The van der Waals surface area contributed by atoms with Crippen LogP contribution in [0, 0.1) is 11.8 Å². The Morgan fingerprint density at radius 1 is 1.40 bits per heavy atom. The van der Waals surface area contributed by atoms with Gasteiger partial charge in [-0.25, -0.2) is 0 Å². The molecule has 1 saturated heterocycles. The molecule has 5 nitrogen and oxygen atoms in total. The molecule has 110 valence electrons. The maximum Gasteiger partial charge on any atom is 0.253 e. The highest BCUT2D eigenvalue weighted by molar-refractivity contribution is 7.19. The Kier molecular flexibility index (Phi) is 4.04. The van der Waals surface area contributed by atoms with Crippen molar-refractivity contribution in [1.82, 2.24) is 0 Å². The lowest BCUT2D eigenvalue weighted by Crippen LogP contribution is -2.24. The van der Waals surface area contributed by atoms with Gasteiger partial charge in [0.2, 0.25) is 0 Å². The van der Waals surface area contributed by atoms with Crippen LogP contribution < -0.4 is 16.4 Å². The van der Waals surface area contributed by atoms with Crippen LogP contribution in [0.25, 0.3) is 0 Å². The van der Waals surface area contributed by atoms with Gasteiger partial charge in [0.25, 0.3) is 5.91 Å². The van der Waals surface area contributed by atoms with Gasteiger partial charge in [-0.15, -0.1) is 11.3 Å². The first kappa shape index (κ1) is 14.8. The molecule has 4 N–H and O–H groups in total. The van der Waals surface area contributed by atoms with E-state index >= 15 is 0 Å². The molecule has 2 rings (SSSR count). The molecule has 6 heteroatoms. The van der Waals surface area contributed by atoms with Gasteiger partial charge in [0.15, 0.2) is 5.78 Å². The highest BCUT2D eigenvalue weighted by atomic mass is 32.1. The van der Waals surface area contributed by atoms with Crippen molar-refractivity contribution in [3.63, 3.8) is 0 Å². The molecule has 1 aliphatic rings. The van der Waals surface area contributed by atoms with E-state index in [9.17, 15) is 9.59 Å². The van der Waals surface area contributed by atoms with Crippen LogP contribution in [0.3, 0.4) is 0 Å². The van der Waals surface area contributed by atoms with E-state index in [0.717, 1.165) is 24.5 Å². The number of carbonyl (C=O) groups is 2. The number of thiophene rings is 1. The summed E-state index contributed by atoms with van der Waals surface area (Å²) in [6, 6.07) is 0. The fraction of sp³-hybridized carbons (Fsp3) is 0.571. The summed E-state index contributed by atoms with van der Waals surface area (Å²) in [5.41, 5.74) is 11.9. The standard InChI is InChI=1S/C14H21N3O2S/c1-7(2)9-4-5-17(6-9)14-10(13(16)19)11(15)12(20-14)8(3)18/h7,9H,4-6,15H2,1-3H3,(H2,16,19). The number of hydrogen-bond acceptors (Lipinski definition) is 5. The summed E-state index contributed by atoms with van der Waals surface area (Å²) in [6.07, 6.45) is 1.09. The molecule has 0 radical (unpaired) electrons. The Morgan fingerprint density at radius 2 is 2.05 bits per heavy atom. The summed E-state index contributed by atoms with van der Waals surface area (Å²) >= 11 is 1.28. The Hall–Kier alpha value is -1.56. The number of anilines is 2. The molecule has 1 unspecified atom stereocenters. The van der Waals surface area contributed by atoms with E-state index in [4.69, 9.17) is 11.5 Å². The van der Waals surface area contributed by atoms with Crippen LogP contribution >= 0.6 is 11.3 Å². The highest BCUT2D eigenvalue weighted by Gasteiger charge is 2.31. The minimum atomic E-state index is -0.561. The lowest BCUT2D eigenvalue weighted by atomic mass is 9.95. The van der Waals surface area contributed by atoms with Gasteiger partial charge in [0.05, 0.1) is 16.1 Å². The second kappa shape index (κ2) is 5.44. The molecule has 1 aliphatic heterocycles. The summed E-state index contributed by atoms with van der Waals surface area (Å²) in [5, 5.41) is 0.753. The van der Waals surface area contributed by atoms with Gasteiger partial charge < -0.3 is 16.4 Å². The fourth-order valence-electron chi connectivity index (χ4n) is 2.67. The molecule has 0 aromatic carbocycles. The molecule has 0 spiro atoms. The number of ketones is 1. The lowest BCUT2D eigenvalue weighted by Gasteiger charge is -2.19. The molecule has 20 heavy (non-hydrogen) atoms. The molecule has 0 saturated carbocycles. The van der Waals surface area contributed by atoms with Crippen LogP contribution in [0.15, 0.2) is 0 Å². The minimum absolute atomic E-state index is 0.124. The van der Waals surface area contributed by atoms with Gasteiger partial charge in [-0.1, -0.05) is 13.8 Å². The van der Waals surface area contributed by atoms with Crippen molar-refractivity contribution < 1.29 is 9.59 Å². The zero-order valence-electron chi connectivity index (χ0n) is 12.1. The molecule has 1 aromatic rings. The van der Waals surface area contributed by atoms with E-state index in [-0.39, 0.29) is 11.5 Å². The number of hydrogen-bond donors (Lipinski definition) is 2. The number of primary amides is 1. The molecule has 1 amide bonds. The van der Waals surface area contributed by atoms with Crippen LogP contribution in [0.2, 0.25) is 0 Å². The molecule has 1 aromatic heterocycles. The fourth-order valence-corrected chi connectivity index (χ4v) is 3.83. The SMILES string of the molecule is CC(=O)c1sc(N2CCC(C(C)C)C2)c(C(N)=O)c1N. The second-order valence-electron chi connectivity index (χ2n) is 5.68.